The lowest BCUT2D eigenvalue weighted by atomic mass is 10.1. The van der Waals surface area contributed by atoms with Crippen LogP contribution in [0.4, 0.5) is 4.79 Å². The van der Waals surface area contributed by atoms with Gasteiger partial charge in [-0.15, -0.1) is 0 Å². The molecule has 0 saturated heterocycles. The maximum Gasteiger partial charge on any atom is 0.328 e. The van der Waals surface area contributed by atoms with Gasteiger partial charge in [0.1, 0.15) is 0 Å². The van der Waals surface area contributed by atoms with Crippen LogP contribution in [0.5, 0.6) is 0 Å². The molecule has 88 valence electrons. The Morgan fingerprint density at radius 2 is 1.75 bits per heavy atom. The SMILES string of the molecule is CCCc1ccc(CCNC(=O)NN)cc1. The number of nitrogens with two attached hydrogens (primary N) is 1. The van der Waals surface area contributed by atoms with Crippen LogP contribution in [0.25, 0.3) is 0 Å². The number of aryl methyl sites for hydroxylation is 1. The number of hydrogen-bond donors (Lipinski definition) is 3. The van der Waals surface area contributed by atoms with Crippen molar-refractivity contribution in [2.45, 2.75) is 26.2 Å². The van der Waals surface area contributed by atoms with E-state index in [-0.39, 0.29) is 6.03 Å². The Hall–Kier alpha value is -1.55. The van der Waals surface area contributed by atoms with Crippen molar-refractivity contribution in [3.8, 4) is 0 Å². The summed E-state index contributed by atoms with van der Waals surface area (Å²) in [5.41, 5.74) is 4.61. The summed E-state index contributed by atoms with van der Waals surface area (Å²) in [6.07, 6.45) is 3.10. The molecule has 0 aromatic heterocycles. The zero-order valence-electron chi connectivity index (χ0n) is 9.62. The predicted octanol–water partition coefficient (Wildman–Crippen LogP) is 1.35. The fourth-order valence-corrected chi connectivity index (χ4v) is 1.53. The molecule has 0 bridgehead atoms. The summed E-state index contributed by atoms with van der Waals surface area (Å²) in [6, 6.07) is 8.14. The maximum absolute atomic E-state index is 10.8. The Morgan fingerprint density at radius 3 is 2.25 bits per heavy atom. The minimum Gasteiger partial charge on any atom is -0.337 e. The average Bonchev–Trinajstić information content (AvgIpc) is 2.31. The molecule has 0 aliphatic heterocycles. The molecule has 0 atom stereocenters. The second kappa shape index (κ2) is 6.85. The Labute approximate surface area is 96.2 Å². The van der Waals surface area contributed by atoms with Gasteiger partial charge in [-0.3, -0.25) is 5.43 Å². The highest BCUT2D eigenvalue weighted by Gasteiger charge is 1.97. The lowest BCUT2D eigenvalue weighted by Gasteiger charge is -2.05. The van der Waals surface area contributed by atoms with Gasteiger partial charge in [0.25, 0.3) is 0 Å². The summed E-state index contributed by atoms with van der Waals surface area (Å²) < 4.78 is 0. The number of carbonyl (C=O) groups excluding carboxylic acids is 1. The molecule has 0 aliphatic carbocycles. The smallest absolute Gasteiger partial charge is 0.328 e. The topological polar surface area (TPSA) is 67.2 Å². The van der Waals surface area contributed by atoms with Crippen molar-refractivity contribution in [2.24, 2.45) is 5.84 Å². The molecule has 0 fully saturated rings. The number of urea groups is 1. The summed E-state index contributed by atoms with van der Waals surface area (Å²) in [6.45, 7) is 2.76. The first kappa shape index (κ1) is 12.5. The molecule has 0 spiro atoms. The Bertz CT molecular complexity index is 322. The first-order valence-corrected chi connectivity index (χ1v) is 5.58. The number of amides is 2. The van der Waals surface area contributed by atoms with Gasteiger partial charge in [-0.1, -0.05) is 37.6 Å². The summed E-state index contributed by atoms with van der Waals surface area (Å²) in [5, 5.41) is 2.65. The van der Waals surface area contributed by atoms with Gasteiger partial charge < -0.3 is 5.32 Å². The van der Waals surface area contributed by atoms with E-state index in [0.29, 0.717) is 6.54 Å². The normalized spacial score (nSPS) is 9.88. The van der Waals surface area contributed by atoms with E-state index in [4.69, 9.17) is 5.84 Å². The molecule has 4 N–H and O–H groups in total. The van der Waals surface area contributed by atoms with Crippen molar-refractivity contribution >= 4 is 6.03 Å². The molecular weight excluding hydrogens is 202 g/mol. The number of carbonyl (C=O) groups is 1. The van der Waals surface area contributed by atoms with E-state index in [1.807, 2.05) is 5.43 Å². The van der Waals surface area contributed by atoms with Crippen LogP contribution in [0.3, 0.4) is 0 Å². The van der Waals surface area contributed by atoms with Gasteiger partial charge in [0.05, 0.1) is 0 Å². The zero-order valence-corrected chi connectivity index (χ0v) is 9.62. The third-order valence-electron chi connectivity index (χ3n) is 2.39. The van der Waals surface area contributed by atoms with Crippen LogP contribution in [0, 0.1) is 0 Å². The van der Waals surface area contributed by atoms with Gasteiger partial charge in [-0.2, -0.15) is 0 Å². The van der Waals surface area contributed by atoms with E-state index in [1.54, 1.807) is 0 Å². The summed E-state index contributed by atoms with van der Waals surface area (Å²) in [5.74, 6) is 4.94. The highest BCUT2D eigenvalue weighted by molar-refractivity contribution is 5.72. The maximum atomic E-state index is 10.8. The largest absolute Gasteiger partial charge is 0.337 e. The highest BCUT2D eigenvalue weighted by Crippen LogP contribution is 2.06. The van der Waals surface area contributed by atoms with Crippen molar-refractivity contribution in [2.75, 3.05) is 6.54 Å². The molecule has 1 aromatic rings. The van der Waals surface area contributed by atoms with Crippen LogP contribution in [0.1, 0.15) is 24.5 Å². The van der Waals surface area contributed by atoms with E-state index in [0.717, 1.165) is 19.3 Å². The summed E-state index contributed by atoms with van der Waals surface area (Å²) >= 11 is 0. The Morgan fingerprint density at radius 1 is 1.19 bits per heavy atom. The molecule has 1 aromatic carbocycles. The molecular formula is C12H19N3O. The van der Waals surface area contributed by atoms with Gasteiger partial charge in [0.15, 0.2) is 0 Å². The minimum atomic E-state index is -0.345. The molecule has 16 heavy (non-hydrogen) atoms. The van der Waals surface area contributed by atoms with Gasteiger partial charge in [0, 0.05) is 6.54 Å². The predicted molar refractivity (Wildman–Crippen MR) is 64.9 cm³/mol. The van der Waals surface area contributed by atoms with Gasteiger partial charge in [-0.05, 0) is 24.0 Å². The van der Waals surface area contributed by atoms with E-state index in [9.17, 15) is 4.79 Å². The number of rotatable bonds is 5. The quantitative estimate of drug-likeness (QED) is 0.399. The first-order chi connectivity index (χ1) is 7.76. The number of hydrazine groups is 1. The summed E-state index contributed by atoms with van der Waals surface area (Å²) in [4.78, 5) is 10.8. The van der Waals surface area contributed by atoms with Crippen molar-refractivity contribution in [3.05, 3.63) is 35.4 Å². The Kier molecular flexibility index (Phi) is 5.36. The molecule has 4 nitrogen and oxygen atoms in total. The first-order valence-electron chi connectivity index (χ1n) is 5.58. The molecule has 0 saturated carbocycles. The van der Waals surface area contributed by atoms with Crippen molar-refractivity contribution < 1.29 is 4.79 Å². The number of nitrogens with one attached hydrogen (secondary N) is 2. The monoisotopic (exact) mass is 221 g/mol. The van der Waals surface area contributed by atoms with E-state index < -0.39 is 0 Å². The van der Waals surface area contributed by atoms with Crippen LogP contribution in [-0.4, -0.2) is 12.6 Å². The van der Waals surface area contributed by atoms with E-state index in [1.165, 1.54) is 11.1 Å². The fraction of sp³-hybridized carbons (Fsp3) is 0.417. The standard InChI is InChI=1S/C12H19N3O/c1-2-3-10-4-6-11(7-5-10)8-9-14-12(16)15-13/h4-7H,2-3,8-9,13H2,1H3,(H2,14,15,16). The third-order valence-corrected chi connectivity index (χ3v) is 2.39. The van der Waals surface area contributed by atoms with Gasteiger partial charge in [0.2, 0.25) is 0 Å². The molecule has 0 radical (unpaired) electrons. The lowest BCUT2D eigenvalue weighted by Crippen LogP contribution is -2.40. The molecule has 2 amide bonds. The van der Waals surface area contributed by atoms with Crippen molar-refractivity contribution in [1.82, 2.24) is 10.7 Å². The molecule has 0 heterocycles. The second-order valence-electron chi connectivity index (χ2n) is 3.72. The van der Waals surface area contributed by atoms with Crippen LogP contribution >= 0.6 is 0 Å². The Balaban J connectivity index is 2.34. The highest BCUT2D eigenvalue weighted by atomic mass is 16.2. The van der Waals surface area contributed by atoms with Crippen LogP contribution in [-0.2, 0) is 12.8 Å². The van der Waals surface area contributed by atoms with Crippen LogP contribution < -0.4 is 16.6 Å². The molecule has 1 rings (SSSR count). The molecule has 4 heteroatoms. The number of benzene rings is 1. The molecule has 0 unspecified atom stereocenters. The van der Waals surface area contributed by atoms with Crippen molar-refractivity contribution in [3.63, 3.8) is 0 Å². The third kappa shape index (κ3) is 4.31. The minimum absolute atomic E-state index is 0.345. The van der Waals surface area contributed by atoms with Crippen LogP contribution in [0.15, 0.2) is 24.3 Å². The van der Waals surface area contributed by atoms with E-state index >= 15 is 0 Å². The molecule has 0 aliphatic rings. The van der Waals surface area contributed by atoms with Gasteiger partial charge in [-0.25, -0.2) is 10.6 Å². The lowest BCUT2D eigenvalue weighted by molar-refractivity contribution is 0.241. The van der Waals surface area contributed by atoms with Crippen LogP contribution in [0.2, 0.25) is 0 Å². The fourth-order valence-electron chi connectivity index (χ4n) is 1.53. The second-order valence-corrected chi connectivity index (χ2v) is 3.72. The average molecular weight is 221 g/mol. The van der Waals surface area contributed by atoms with Gasteiger partial charge >= 0.3 is 6.03 Å². The number of hydrogen-bond acceptors (Lipinski definition) is 2. The zero-order chi connectivity index (χ0) is 11.8. The summed E-state index contributed by atoms with van der Waals surface area (Å²) in [7, 11) is 0. The van der Waals surface area contributed by atoms with E-state index in [2.05, 4.69) is 36.5 Å². The van der Waals surface area contributed by atoms with Crippen molar-refractivity contribution in [1.29, 1.82) is 0 Å².